The van der Waals surface area contributed by atoms with Crippen molar-refractivity contribution in [3.8, 4) is 0 Å². The summed E-state index contributed by atoms with van der Waals surface area (Å²) in [5, 5.41) is 2.88. The van der Waals surface area contributed by atoms with Crippen molar-refractivity contribution in [2.75, 3.05) is 6.54 Å². The third kappa shape index (κ3) is 2.46. The molecule has 17 heavy (non-hydrogen) atoms. The number of nitrogens with one attached hydrogen (secondary N) is 1. The molecule has 4 nitrogen and oxygen atoms in total. The fraction of sp³-hybridized carbons (Fsp3) is 0.385. The number of imidazole rings is 1. The van der Waals surface area contributed by atoms with E-state index >= 15 is 0 Å². The van der Waals surface area contributed by atoms with Gasteiger partial charge in [-0.2, -0.15) is 0 Å². The van der Waals surface area contributed by atoms with Crippen LogP contribution in [0.25, 0.3) is 11.0 Å². The number of rotatable bonds is 3. The standard InChI is InChI=1S/C13H17N3O/c1-3-4-7-14-13(17)16-9-15-11-8-10(2)5-6-12(11)16/h5-6,8-9H,3-4,7H2,1-2H3,(H,14,17). The molecule has 0 aliphatic carbocycles. The fourth-order valence-electron chi connectivity index (χ4n) is 1.74. The van der Waals surface area contributed by atoms with Crippen molar-refractivity contribution < 1.29 is 4.79 Å². The predicted octanol–water partition coefficient (Wildman–Crippen LogP) is 2.70. The number of fused-ring (bicyclic) bond motifs is 1. The summed E-state index contributed by atoms with van der Waals surface area (Å²) in [7, 11) is 0. The summed E-state index contributed by atoms with van der Waals surface area (Å²) in [5.41, 5.74) is 2.86. The van der Waals surface area contributed by atoms with Gasteiger partial charge in [-0.05, 0) is 31.0 Å². The van der Waals surface area contributed by atoms with Crippen LogP contribution in [0.15, 0.2) is 24.5 Å². The van der Waals surface area contributed by atoms with E-state index in [-0.39, 0.29) is 6.03 Å². The van der Waals surface area contributed by atoms with E-state index in [9.17, 15) is 4.79 Å². The minimum Gasteiger partial charge on any atom is -0.337 e. The normalized spacial score (nSPS) is 10.7. The van der Waals surface area contributed by atoms with Crippen LogP contribution in [0.3, 0.4) is 0 Å². The van der Waals surface area contributed by atoms with Crippen LogP contribution in [0.4, 0.5) is 4.79 Å². The number of unbranched alkanes of at least 4 members (excludes halogenated alkanes) is 1. The molecule has 90 valence electrons. The summed E-state index contributed by atoms with van der Waals surface area (Å²) in [6.07, 6.45) is 3.65. The van der Waals surface area contributed by atoms with E-state index in [0.717, 1.165) is 29.4 Å². The van der Waals surface area contributed by atoms with E-state index in [2.05, 4.69) is 17.2 Å². The second-order valence-electron chi connectivity index (χ2n) is 4.19. The summed E-state index contributed by atoms with van der Waals surface area (Å²) in [6, 6.07) is 5.78. The zero-order chi connectivity index (χ0) is 12.3. The molecule has 0 radical (unpaired) electrons. The first-order valence-electron chi connectivity index (χ1n) is 5.94. The lowest BCUT2D eigenvalue weighted by atomic mass is 10.2. The van der Waals surface area contributed by atoms with Crippen LogP contribution in [-0.2, 0) is 0 Å². The van der Waals surface area contributed by atoms with Gasteiger partial charge in [-0.3, -0.25) is 4.57 Å². The Balaban J connectivity index is 2.21. The molecule has 0 aliphatic rings. The Morgan fingerprint density at radius 2 is 2.29 bits per heavy atom. The van der Waals surface area contributed by atoms with Gasteiger partial charge in [0, 0.05) is 6.54 Å². The Hall–Kier alpha value is -1.84. The number of carbonyl (C=O) groups is 1. The Bertz CT molecular complexity index is 530. The Labute approximate surface area is 101 Å². The molecule has 1 N–H and O–H groups in total. The highest BCUT2D eigenvalue weighted by molar-refractivity contribution is 5.89. The van der Waals surface area contributed by atoms with Gasteiger partial charge in [0.25, 0.3) is 0 Å². The minimum atomic E-state index is -0.107. The summed E-state index contributed by atoms with van der Waals surface area (Å²) >= 11 is 0. The average Bonchev–Trinajstić information content (AvgIpc) is 2.72. The molecule has 2 aromatic rings. The first kappa shape index (κ1) is 11.6. The second kappa shape index (κ2) is 4.99. The molecule has 1 amide bonds. The summed E-state index contributed by atoms with van der Waals surface area (Å²) in [4.78, 5) is 16.1. The molecule has 1 heterocycles. The van der Waals surface area contributed by atoms with Crippen LogP contribution in [0.1, 0.15) is 25.3 Å². The molecular formula is C13H17N3O. The molecule has 0 unspecified atom stereocenters. The minimum absolute atomic E-state index is 0.107. The number of hydrogen-bond acceptors (Lipinski definition) is 2. The molecule has 0 atom stereocenters. The van der Waals surface area contributed by atoms with Gasteiger partial charge in [-0.25, -0.2) is 9.78 Å². The van der Waals surface area contributed by atoms with E-state index in [0.29, 0.717) is 6.54 Å². The molecule has 0 aliphatic heterocycles. The highest BCUT2D eigenvalue weighted by atomic mass is 16.2. The number of aromatic nitrogens is 2. The van der Waals surface area contributed by atoms with Crippen molar-refractivity contribution in [3.63, 3.8) is 0 Å². The van der Waals surface area contributed by atoms with Crippen molar-refractivity contribution in [1.29, 1.82) is 0 Å². The van der Waals surface area contributed by atoms with Crippen molar-refractivity contribution in [2.45, 2.75) is 26.7 Å². The molecule has 0 spiro atoms. The first-order valence-corrected chi connectivity index (χ1v) is 5.94. The molecule has 0 fully saturated rings. The molecule has 2 rings (SSSR count). The number of nitrogens with zero attached hydrogens (tertiary/aromatic N) is 2. The number of carbonyl (C=O) groups excluding carboxylic acids is 1. The lowest BCUT2D eigenvalue weighted by molar-refractivity contribution is 0.243. The van der Waals surface area contributed by atoms with Gasteiger partial charge < -0.3 is 5.32 Å². The lowest BCUT2D eigenvalue weighted by Crippen LogP contribution is -2.28. The van der Waals surface area contributed by atoms with Crippen molar-refractivity contribution in [2.24, 2.45) is 0 Å². The van der Waals surface area contributed by atoms with Gasteiger partial charge in [-0.1, -0.05) is 19.4 Å². The lowest BCUT2D eigenvalue weighted by Gasteiger charge is -2.05. The van der Waals surface area contributed by atoms with Crippen LogP contribution in [0, 0.1) is 6.92 Å². The quantitative estimate of drug-likeness (QED) is 0.825. The maximum absolute atomic E-state index is 11.9. The summed E-state index contributed by atoms with van der Waals surface area (Å²) in [5.74, 6) is 0. The number of amides is 1. The molecule has 0 bridgehead atoms. The monoisotopic (exact) mass is 231 g/mol. The van der Waals surface area contributed by atoms with E-state index in [1.54, 1.807) is 10.9 Å². The summed E-state index contributed by atoms with van der Waals surface area (Å²) < 4.78 is 1.56. The Kier molecular flexibility index (Phi) is 3.42. The highest BCUT2D eigenvalue weighted by Gasteiger charge is 2.08. The van der Waals surface area contributed by atoms with Crippen LogP contribution < -0.4 is 5.32 Å². The van der Waals surface area contributed by atoms with Crippen LogP contribution in [-0.4, -0.2) is 22.1 Å². The molecule has 0 saturated heterocycles. The van der Waals surface area contributed by atoms with E-state index in [1.807, 2.05) is 25.1 Å². The Morgan fingerprint density at radius 3 is 3.06 bits per heavy atom. The van der Waals surface area contributed by atoms with Gasteiger partial charge >= 0.3 is 6.03 Å². The third-order valence-corrected chi connectivity index (χ3v) is 2.73. The molecule has 1 aromatic heterocycles. The van der Waals surface area contributed by atoms with Gasteiger partial charge in [0.1, 0.15) is 6.33 Å². The second-order valence-corrected chi connectivity index (χ2v) is 4.19. The van der Waals surface area contributed by atoms with Crippen LogP contribution >= 0.6 is 0 Å². The fourth-order valence-corrected chi connectivity index (χ4v) is 1.74. The van der Waals surface area contributed by atoms with E-state index in [4.69, 9.17) is 0 Å². The van der Waals surface area contributed by atoms with E-state index in [1.165, 1.54) is 0 Å². The predicted molar refractivity (Wildman–Crippen MR) is 68.2 cm³/mol. The molecular weight excluding hydrogens is 214 g/mol. The third-order valence-electron chi connectivity index (χ3n) is 2.73. The zero-order valence-electron chi connectivity index (χ0n) is 10.2. The molecule has 1 aromatic carbocycles. The van der Waals surface area contributed by atoms with Crippen LogP contribution in [0.2, 0.25) is 0 Å². The average molecular weight is 231 g/mol. The largest absolute Gasteiger partial charge is 0.337 e. The molecule has 4 heteroatoms. The van der Waals surface area contributed by atoms with Gasteiger partial charge in [0.15, 0.2) is 0 Å². The Morgan fingerprint density at radius 1 is 1.47 bits per heavy atom. The number of benzene rings is 1. The SMILES string of the molecule is CCCCNC(=O)n1cnc2cc(C)ccc21. The van der Waals surface area contributed by atoms with Crippen molar-refractivity contribution in [1.82, 2.24) is 14.9 Å². The highest BCUT2D eigenvalue weighted by Crippen LogP contribution is 2.13. The molecule has 0 saturated carbocycles. The summed E-state index contributed by atoms with van der Waals surface area (Å²) in [6.45, 7) is 4.82. The number of aryl methyl sites for hydroxylation is 1. The van der Waals surface area contributed by atoms with Gasteiger partial charge in [0.2, 0.25) is 0 Å². The van der Waals surface area contributed by atoms with E-state index < -0.39 is 0 Å². The first-order chi connectivity index (χ1) is 8.22. The van der Waals surface area contributed by atoms with Gasteiger partial charge in [-0.15, -0.1) is 0 Å². The van der Waals surface area contributed by atoms with Crippen LogP contribution in [0.5, 0.6) is 0 Å². The topological polar surface area (TPSA) is 46.9 Å². The van der Waals surface area contributed by atoms with Crippen molar-refractivity contribution in [3.05, 3.63) is 30.1 Å². The maximum Gasteiger partial charge on any atom is 0.327 e. The maximum atomic E-state index is 11.9. The van der Waals surface area contributed by atoms with Gasteiger partial charge in [0.05, 0.1) is 11.0 Å². The smallest absolute Gasteiger partial charge is 0.327 e. The van der Waals surface area contributed by atoms with Crippen molar-refractivity contribution >= 4 is 17.1 Å². The number of hydrogen-bond donors (Lipinski definition) is 1. The zero-order valence-corrected chi connectivity index (χ0v) is 10.2.